The van der Waals surface area contributed by atoms with Crippen molar-refractivity contribution >= 4 is 35.3 Å². The third-order valence-electron chi connectivity index (χ3n) is 7.30. The van der Waals surface area contributed by atoms with E-state index in [4.69, 9.17) is 12.6 Å². The number of rotatable bonds is 4. The predicted octanol–water partition coefficient (Wildman–Crippen LogP) is 3.52. The molecule has 3 aliphatic heterocycles. The van der Waals surface area contributed by atoms with Crippen molar-refractivity contribution in [3.05, 3.63) is 76.7 Å². The third-order valence-corrected chi connectivity index (χ3v) is 7.88. The van der Waals surface area contributed by atoms with Crippen LogP contribution < -0.4 is 5.32 Å². The largest absolute Gasteiger partial charge is 0.298 e. The van der Waals surface area contributed by atoms with Crippen LogP contribution in [-0.2, 0) is 22.7 Å². The molecule has 0 bridgehead atoms. The molecule has 2 aromatic carbocycles. The minimum Gasteiger partial charge on any atom is -0.298 e. The first-order valence-corrected chi connectivity index (χ1v) is 12.1. The predicted molar refractivity (Wildman–Crippen MR) is 130 cm³/mol. The Morgan fingerprint density at radius 2 is 1.94 bits per heavy atom. The Morgan fingerprint density at radius 3 is 2.76 bits per heavy atom. The minimum atomic E-state index is -0.323. The molecular weight excluding hydrogens is 451 g/mol. The second-order valence-electron chi connectivity index (χ2n) is 9.50. The fraction of sp³-hybridized carbons (Fsp3) is 0.346. The van der Waals surface area contributed by atoms with Crippen LogP contribution in [0.2, 0.25) is 0 Å². The van der Waals surface area contributed by atoms with Crippen LogP contribution in [-0.4, -0.2) is 45.7 Å². The van der Waals surface area contributed by atoms with Crippen molar-refractivity contribution in [2.75, 3.05) is 13.1 Å². The molecule has 6 rings (SSSR count). The summed E-state index contributed by atoms with van der Waals surface area (Å²) in [6.45, 7) is 3.42. The summed E-state index contributed by atoms with van der Waals surface area (Å²) in [7, 11) is 0. The van der Waals surface area contributed by atoms with Crippen LogP contribution in [0, 0.1) is 5.82 Å². The number of piperidine rings is 1. The Morgan fingerprint density at radius 1 is 1.09 bits per heavy atom. The standard InChI is InChI=1S/C26H25FN4O2S/c27-18-2-4-21-19(7-8-28-22(21)10-18)17-12-30(13-17)11-15-1-3-20-16(9-15)14-31(26(20)34)23-5-6-24(32)29-25(23)33/h1-4,7-10,17,23,26,34H,5-6,11-14H2,(H,29,32,33). The van der Waals surface area contributed by atoms with E-state index in [0.717, 1.165) is 30.6 Å². The third kappa shape index (κ3) is 3.79. The number of nitrogens with one attached hydrogen (secondary N) is 1. The zero-order chi connectivity index (χ0) is 23.4. The highest BCUT2D eigenvalue weighted by Crippen LogP contribution is 2.40. The number of amides is 2. The molecule has 3 aromatic rings. The topological polar surface area (TPSA) is 65.5 Å². The maximum absolute atomic E-state index is 13.6. The van der Waals surface area contributed by atoms with Gasteiger partial charge in [-0.05, 0) is 46.9 Å². The summed E-state index contributed by atoms with van der Waals surface area (Å²) in [5.74, 6) is -0.268. The molecule has 8 heteroatoms. The first-order valence-electron chi connectivity index (χ1n) is 11.6. The number of carbonyl (C=O) groups excluding carboxylic acids is 2. The number of likely N-dealkylation sites (tertiary alicyclic amines) is 1. The Labute approximate surface area is 202 Å². The van der Waals surface area contributed by atoms with E-state index < -0.39 is 0 Å². The highest BCUT2D eigenvalue weighted by atomic mass is 32.1. The smallest absolute Gasteiger partial charge is 0.243 e. The van der Waals surface area contributed by atoms with Crippen molar-refractivity contribution in [1.82, 2.24) is 20.1 Å². The number of benzene rings is 2. The Kier molecular flexibility index (Phi) is 5.39. The Bertz CT molecular complexity index is 1310. The van der Waals surface area contributed by atoms with E-state index in [9.17, 15) is 14.0 Å². The molecule has 1 aromatic heterocycles. The number of nitrogens with zero attached hydrogens (tertiary/aromatic N) is 3. The molecule has 174 valence electrons. The Balaban J connectivity index is 1.12. The van der Waals surface area contributed by atoms with Crippen molar-refractivity contribution < 1.29 is 14.0 Å². The molecular formula is C26H25FN4O2S. The molecule has 2 atom stereocenters. The summed E-state index contributed by atoms with van der Waals surface area (Å²) in [6.07, 6.45) is 2.67. The van der Waals surface area contributed by atoms with Crippen LogP contribution in [0.5, 0.6) is 0 Å². The molecule has 1 N–H and O–H groups in total. The van der Waals surface area contributed by atoms with Crippen LogP contribution in [0.4, 0.5) is 4.39 Å². The number of thiol groups is 1. The number of hydrogen-bond acceptors (Lipinski definition) is 6. The molecule has 0 aliphatic carbocycles. The van der Waals surface area contributed by atoms with Gasteiger partial charge < -0.3 is 0 Å². The van der Waals surface area contributed by atoms with E-state index in [-0.39, 0.29) is 29.0 Å². The molecule has 0 saturated carbocycles. The van der Waals surface area contributed by atoms with E-state index in [1.54, 1.807) is 6.20 Å². The lowest BCUT2D eigenvalue weighted by Crippen LogP contribution is -2.51. The summed E-state index contributed by atoms with van der Waals surface area (Å²) in [5.41, 5.74) is 5.50. The number of aromatic nitrogens is 1. The first kappa shape index (κ1) is 21.7. The van der Waals surface area contributed by atoms with E-state index in [0.29, 0.717) is 30.8 Å². The lowest BCUT2D eigenvalue weighted by atomic mass is 9.88. The highest BCUT2D eigenvalue weighted by molar-refractivity contribution is 7.80. The van der Waals surface area contributed by atoms with Gasteiger partial charge in [-0.15, -0.1) is 0 Å². The van der Waals surface area contributed by atoms with Gasteiger partial charge in [0.1, 0.15) is 5.82 Å². The minimum absolute atomic E-state index is 0.147. The monoisotopic (exact) mass is 476 g/mol. The first-order chi connectivity index (χ1) is 16.5. The zero-order valence-corrected chi connectivity index (χ0v) is 19.5. The summed E-state index contributed by atoms with van der Waals surface area (Å²) in [6, 6.07) is 13.0. The summed E-state index contributed by atoms with van der Waals surface area (Å²) < 4.78 is 13.6. The molecule has 34 heavy (non-hydrogen) atoms. The fourth-order valence-corrected chi connectivity index (χ4v) is 6.03. The number of fused-ring (bicyclic) bond motifs is 2. The summed E-state index contributed by atoms with van der Waals surface area (Å²) >= 11 is 4.78. The van der Waals surface area contributed by atoms with Gasteiger partial charge in [0.2, 0.25) is 11.8 Å². The van der Waals surface area contributed by atoms with Crippen molar-refractivity contribution in [1.29, 1.82) is 0 Å². The second-order valence-corrected chi connectivity index (χ2v) is 9.99. The molecule has 6 nitrogen and oxygen atoms in total. The van der Waals surface area contributed by atoms with Crippen LogP contribution in [0.15, 0.2) is 48.7 Å². The molecule has 0 spiro atoms. The Hall–Kier alpha value is -2.81. The molecule has 2 fully saturated rings. The van der Waals surface area contributed by atoms with Gasteiger partial charge in [0.25, 0.3) is 0 Å². The van der Waals surface area contributed by atoms with Crippen molar-refractivity contribution in [2.24, 2.45) is 0 Å². The van der Waals surface area contributed by atoms with E-state index in [2.05, 4.69) is 38.3 Å². The van der Waals surface area contributed by atoms with Gasteiger partial charge in [-0.25, -0.2) is 4.39 Å². The van der Waals surface area contributed by atoms with Gasteiger partial charge in [0.15, 0.2) is 0 Å². The van der Waals surface area contributed by atoms with Crippen LogP contribution >= 0.6 is 12.6 Å². The van der Waals surface area contributed by atoms with Crippen LogP contribution in [0.3, 0.4) is 0 Å². The van der Waals surface area contributed by atoms with Gasteiger partial charge in [0, 0.05) is 56.2 Å². The van der Waals surface area contributed by atoms with E-state index in [1.165, 1.54) is 28.8 Å². The van der Waals surface area contributed by atoms with Crippen molar-refractivity contribution in [2.45, 2.75) is 43.3 Å². The van der Waals surface area contributed by atoms with E-state index in [1.807, 2.05) is 12.1 Å². The molecule has 2 saturated heterocycles. The maximum Gasteiger partial charge on any atom is 0.243 e. The lowest BCUT2D eigenvalue weighted by Gasteiger charge is -2.40. The quantitative estimate of drug-likeness (QED) is 0.446. The number of halogens is 1. The fourth-order valence-electron chi connectivity index (χ4n) is 5.54. The summed E-state index contributed by atoms with van der Waals surface area (Å²) in [5, 5.41) is 3.34. The molecule has 4 heterocycles. The van der Waals surface area contributed by atoms with Gasteiger partial charge in [0.05, 0.1) is 16.9 Å². The number of imide groups is 1. The average molecular weight is 477 g/mol. The second kappa shape index (κ2) is 8.45. The molecule has 2 unspecified atom stereocenters. The SMILES string of the molecule is O=C1CCC(N2Cc3cc(CN4CC(c5ccnc6cc(F)ccc56)C4)ccc3C2S)C(=O)N1. The van der Waals surface area contributed by atoms with Gasteiger partial charge in [-0.2, -0.15) is 12.6 Å². The number of pyridine rings is 1. The maximum atomic E-state index is 13.6. The number of carbonyl (C=O) groups is 2. The van der Waals surface area contributed by atoms with Crippen LogP contribution in [0.25, 0.3) is 10.9 Å². The average Bonchev–Trinajstić information content (AvgIpc) is 3.11. The molecule has 0 radical (unpaired) electrons. The van der Waals surface area contributed by atoms with Crippen molar-refractivity contribution in [3.63, 3.8) is 0 Å². The van der Waals surface area contributed by atoms with Gasteiger partial charge >= 0.3 is 0 Å². The molecule has 3 aliphatic rings. The van der Waals surface area contributed by atoms with Crippen molar-refractivity contribution in [3.8, 4) is 0 Å². The summed E-state index contributed by atoms with van der Waals surface area (Å²) in [4.78, 5) is 32.7. The normalized spacial score (nSPS) is 23.7. The zero-order valence-electron chi connectivity index (χ0n) is 18.6. The van der Waals surface area contributed by atoms with Crippen LogP contribution in [0.1, 0.15) is 46.4 Å². The van der Waals surface area contributed by atoms with Gasteiger partial charge in [-0.1, -0.05) is 18.2 Å². The van der Waals surface area contributed by atoms with Gasteiger partial charge in [-0.3, -0.25) is 29.7 Å². The highest BCUT2D eigenvalue weighted by Gasteiger charge is 2.39. The van der Waals surface area contributed by atoms with E-state index >= 15 is 0 Å². The number of hydrogen-bond donors (Lipinski definition) is 2. The lowest BCUT2D eigenvalue weighted by molar-refractivity contribution is -0.137. The molecule has 2 amide bonds.